The molecule has 0 atom stereocenters. The minimum absolute atomic E-state index is 0.0510. The molecule has 7 nitrogen and oxygen atoms in total. The van der Waals surface area contributed by atoms with E-state index < -0.39 is 9.84 Å². The van der Waals surface area contributed by atoms with Gasteiger partial charge < -0.3 is 5.73 Å². The van der Waals surface area contributed by atoms with Gasteiger partial charge in [0, 0.05) is 5.02 Å². The molecule has 0 amide bonds. The second-order valence-corrected chi connectivity index (χ2v) is 9.85. The van der Waals surface area contributed by atoms with Crippen LogP contribution in [0.4, 0.5) is 5.82 Å². The Hall–Kier alpha value is -3.75. The van der Waals surface area contributed by atoms with Crippen LogP contribution in [-0.4, -0.2) is 29.3 Å². The highest BCUT2D eigenvalue weighted by molar-refractivity contribution is 7.92. The quantitative estimate of drug-likeness (QED) is 0.374. The van der Waals surface area contributed by atoms with E-state index in [1.165, 1.54) is 28.9 Å². The molecule has 0 fully saturated rings. The first-order valence-electron chi connectivity index (χ1n) is 10.0. The second kappa shape index (κ2) is 7.99. The van der Waals surface area contributed by atoms with Gasteiger partial charge in [0.15, 0.2) is 5.65 Å². The molecule has 2 aromatic heterocycles. The summed E-state index contributed by atoms with van der Waals surface area (Å²) in [6.07, 6.45) is 1.60. The standard InChI is InChI=1S/C24H18ClN5O2S/c1-15-6-8-16(9-7-15)14-27-30-23(26)22(33(31,32)18-12-10-17(25)11-13-18)21-24(30)29-20-5-3-2-4-19(20)28-21/h2-14H,26H2,1H3/b27-14+. The summed E-state index contributed by atoms with van der Waals surface area (Å²) in [6, 6.07) is 20.8. The highest BCUT2D eigenvalue weighted by Crippen LogP contribution is 2.35. The molecule has 2 N–H and O–H groups in total. The summed E-state index contributed by atoms with van der Waals surface area (Å²) in [5.41, 5.74) is 9.89. The van der Waals surface area contributed by atoms with Crippen LogP contribution in [0.5, 0.6) is 0 Å². The van der Waals surface area contributed by atoms with E-state index in [4.69, 9.17) is 17.3 Å². The van der Waals surface area contributed by atoms with E-state index in [-0.39, 0.29) is 26.8 Å². The van der Waals surface area contributed by atoms with E-state index in [0.717, 1.165) is 11.1 Å². The van der Waals surface area contributed by atoms with Crippen LogP contribution in [-0.2, 0) is 9.84 Å². The molecule has 0 unspecified atom stereocenters. The first kappa shape index (κ1) is 21.1. The lowest BCUT2D eigenvalue weighted by atomic mass is 10.2. The average molecular weight is 476 g/mol. The number of nitrogens with zero attached hydrogens (tertiary/aromatic N) is 4. The van der Waals surface area contributed by atoms with Gasteiger partial charge in [-0.15, -0.1) is 0 Å². The molecule has 0 aliphatic rings. The van der Waals surface area contributed by atoms with Crippen molar-refractivity contribution in [2.24, 2.45) is 5.10 Å². The van der Waals surface area contributed by atoms with Gasteiger partial charge in [0.25, 0.3) is 0 Å². The van der Waals surface area contributed by atoms with Crippen molar-refractivity contribution >= 4 is 55.7 Å². The fraction of sp³-hybridized carbons (Fsp3) is 0.0417. The van der Waals surface area contributed by atoms with E-state index in [9.17, 15) is 8.42 Å². The number of halogens is 1. The van der Waals surface area contributed by atoms with Gasteiger partial charge in [0.05, 0.1) is 22.1 Å². The number of benzene rings is 3. The molecule has 0 radical (unpaired) electrons. The number of rotatable bonds is 4. The number of nitrogen functional groups attached to an aromatic ring is 1. The van der Waals surface area contributed by atoms with Gasteiger partial charge in [-0.05, 0) is 48.9 Å². The molecule has 0 spiro atoms. The van der Waals surface area contributed by atoms with Crippen LogP contribution in [0.15, 0.2) is 87.7 Å². The number of aromatic nitrogens is 3. The van der Waals surface area contributed by atoms with Crippen LogP contribution in [0.1, 0.15) is 11.1 Å². The summed E-state index contributed by atoms with van der Waals surface area (Å²) >= 11 is 5.95. The Labute approximate surface area is 195 Å². The van der Waals surface area contributed by atoms with Crippen LogP contribution < -0.4 is 5.73 Å². The Balaban J connectivity index is 1.78. The largest absolute Gasteiger partial charge is 0.382 e. The van der Waals surface area contributed by atoms with E-state index in [1.807, 2.05) is 43.3 Å². The Bertz CT molecular complexity index is 1640. The first-order chi connectivity index (χ1) is 15.8. The number of fused-ring (bicyclic) bond motifs is 2. The van der Waals surface area contributed by atoms with Gasteiger partial charge in [0.1, 0.15) is 16.2 Å². The molecule has 33 heavy (non-hydrogen) atoms. The van der Waals surface area contributed by atoms with Gasteiger partial charge in [-0.1, -0.05) is 53.6 Å². The van der Waals surface area contributed by atoms with Crippen molar-refractivity contribution in [1.82, 2.24) is 14.6 Å². The fourth-order valence-corrected chi connectivity index (χ4v) is 5.12. The third kappa shape index (κ3) is 3.73. The third-order valence-electron chi connectivity index (χ3n) is 5.22. The topological polar surface area (TPSA) is 103 Å². The van der Waals surface area contributed by atoms with Gasteiger partial charge in [-0.2, -0.15) is 9.78 Å². The number of sulfone groups is 1. The minimum atomic E-state index is -4.03. The van der Waals surface area contributed by atoms with E-state index >= 15 is 0 Å². The van der Waals surface area contributed by atoms with Gasteiger partial charge >= 0.3 is 0 Å². The van der Waals surface area contributed by atoms with Crippen molar-refractivity contribution in [3.05, 3.63) is 88.9 Å². The molecule has 5 aromatic rings. The van der Waals surface area contributed by atoms with Crippen LogP contribution >= 0.6 is 11.6 Å². The summed E-state index contributed by atoms with van der Waals surface area (Å²) in [4.78, 5) is 9.13. The Morgan fingerprint density at radius 1 is 0.939 bits per heavy atom. The van der Waals surface area contributed by atoms with Gasteiger partial charge in [0.2, 0.25) is 9.84 Å². The summed E-state index contributed by atoms with van der Waals surface area (Å²) in [5, 5.41) is 4.89. The molecular weight excluding hydrogens is 458 g/mol. The number of aryl methyl sites for hydroxylation is 1. The normalized spacial score (nSPS) is 12.2. The van der Waals surface area contributed by atoms with Crippen molar-refractivity contribution in [3.63, 3.8) is 0 Å². The van der Waals surface area contributed by atoms with Crippen LogP contribution in [0.2, 0.25) is 5.02 Å². The molecular formula is C24H18ClN5O2S. The van der Waals surface area contributed by atoms with Crippen molar-refractivity contribution in [3.8, 4) is 0 Å². The smallest absolute Gasteiger partial charge is 0.212 e. The average Bonchev–Trinajstić information content (AvgIpc) is 3.08. The summed E-state index contributed by atoms with van der Waals surface area (Å²) in [6.45, 7) is 1.99. The van der Waals surface area contributed by atoms with E-state index in [0.29, 0.717) is 16.1 Å². The van der Waals surface area contributed by atoms with Gasteiger partial charge in [-0.3, -0.25) is 0 Å². The van der Waals surface area contributed by atoms with E-state index in [2.05, 4.69) is 15.1 Å². The third-order valence-corrected chi connectivity index (χ3v) is 7.31. The zero-order chi connectivity index (χ0) is 23.2. The molecule has 0 saturated carbocycles. The van der Waals surface area contributed by atoms with Crippen LogP contribution in [0.3, 0.4) is 0 Å². The Morgan fingerprint density at radius 2 is 1.58 bits per heavy atom. The molecule has 9 heteroatoms. The molecule has 0 bridgehead atoms. The lowest BCUT2D eigenvalue weighted by Crippen LogP contribution is -2.06. The second-order valence-electron chi connectivity index (χ2n) is 7.52. The van der Waals surface area contributed by atoms with Gasteiger partial charge in [-0.25, -0.2) is 18.4 Å². The molecule has 5 rings (SSSR count). The summed E-state index contributed by atoms with van der Waals surface area (Å²) < 4.78 is 28.5. The number of para-hydroxylation sites is 2. The van der Waals surface area contributed by atoms with Crippen molar-refractivity contribution in [2.45, 2.75) is 16.7 Å². The monoisotopic (exact) mass is 475 g/mol. The SMILES string of the molecule is Cc1ccc(/C=N/n2c(N)c(S(=O)(=O)c3ccc(Cl)cc3)c3nc4ccccc4nc32)cc1. The van der Waals surface area contributed by atoms with Crippen LogP contribution in [0.25, 0.3) is 22.2 Å². The summed E-state index contributed by atoms with van der Waals surface area (Å²) in [7, 11) is -4.03. The summed E-state index contributed by atoms with van der Waals surface area (Å²) in [5.74, 6) is -0.0707. The lowest BCUT2D eigenvalue weighted by Gasteiger charge is -2.05. The zero-order valence-corrected chi connectivity index (χ0v) is 19.0. The van der Waals surface area contributed by atoms with Crippen LogP contribution in [0, 0.1) is 6.92 Å². The predicted molar refractivity (Wildman–Crippen MR) is 131 cm³/mol. The van der Waals surface area contributed by atoms with E-state index in [1.54, 1.807) is 18.3 Å². The molecule has 3 aromatic carbocycles. The molecule has 2 heterocycles. The number of anilines is 1. The molecule has 0 saturated heterocycles. The fourth-order valence-electron chi connectivity index (χ4n) is 3.51. The highest BCUT2D eigenvalue weighted by Gasteiger charge is 2.30. The number of hydrogen-bond acceptors (Lipinski definition) is 6. The molecule has 164 valence electrons. The maximum atomic E-state index is 13.6. The van der Waals surface area contributed by atoms with Crippen molar-refractivity contribution in [2.75, 3.05) is 5.73 Å². The predicted octanol–water partition coefficient (Wildman–Crippen LogP) is 4.84. The first-order valence-corrected chi connectivity index (χ1v) is 11.9. The highest BCUT2D eigenvalue weighted by atomic mass is 35.5. The van der Waals surface area contributed by atoms with Crippen molar-refractivity contribution in [1.29, 1.82) is 0 Å². The van der Waals surface area contributed by atoms with Crippen molar-refractivity contribution < 1.29 is 8.42 Å². The molecule has 0 aliphatic carbocycles. The Kier molecular flexibility index (Phi) is 5.11. The minimum Gasteiger partial charge on any atom is -0.382 e. The maximum absolute atomic E-state index is 13.6. The maximum Gasteiger partial charge on any atom is 0.212 e. The Morgan fingerprint density at radius 3 is 2.24 bits per heavy atom. The molecule has 0 aliphatic heterocycles. The number of hydrogen-bond donors (Lipinski definition) is 1. The lowest BCUT2D eigenvalue weighted by molar-refractivity contribution is 0.597. The number of nitrogens with two attached hydrogens (primary N) is 1. The zero-order valence-electron chi connectivity index (χ0n) is 17.5.